The van der Waals surface area contributed by atoms with Gasteiger partial charge in [-0.05, 0) is 47.4 Å². The van der Waals surface area contributed by atoms with Gasteiger partial charge in [-0.15, -0.1) is 0 Å². The normalized spacial score (nSPS) is 11.1. The molecule has 1 amide bonds. The van der Waals surface area contributed by atoms with E-state index in [1.54, 1.807) is 12.1 Å². The number of ether oxygens (including phenoxy) is 1. The van der Waals surface area contributed by atoms with Crippen LogP contribution in [0.3, 0.4) is 0 Å². The number of halogens is 1. The van der Waals surface area contributed by atoms with Crippen LogP contribution in [0.5, 0.6) is 11.5 Å². The minimum Gasteiger partial charge on any atom is -0.457 e. The summed E-state index contributed by atoms with van der Waals surface area (Å²) >= 11 is 0. The molecule has 23 heavy (non-hydrogen) atoms. The Balaban J connectivity index is 1.94. The van der Waals surface area contributed by atoms with Gasteiger partial charge in [0.25, 0.3) is 0 Å². The van der Waals surface area contributed by atoms with Crippen molar-refractivity contribution in [2.24, 2.45) is 5.41 Å². The van der Waals surface area contributed by atoms with Gasteiger partial charge in [0, 0.05) is 13.0 Å². The van der Waals surface area contributed by atoms with E-state index in [0.29, 0.717) is 24.5 Å². The molecule has 0 saturated heterocycles. The fourth-order valence-corrected chi connectivity index (χ4v) is 2.10. The molecule has 3 nitrogen and oxygen atoms in total. The number of hydrogen-bond acceptors (Lipinski definition) is 2. The van der Waals surface area contributed by atoms with Crippen LogP contribution in [0.4, 0.5) is 4.39 Å². The number of carbonyl (C=O) groups is 1. The van der Waals surface area contributed by atoms with Crippen LogP contribution < -0.4 is 10.1 Å². The first kappa shape index (κ1) is 17.0. The Morgan fingerprint density at radius 2 is 1.78 bits per heavy atom. The summed E-state index contributed by atoms with van der Waals surface area (Å²) < 4.78 is 18.6. The largest absolute Gasteiger partial charge is 0.457 e. The third kappa shape index (κ3) is 6.10. The predicted octanol–water partition coefficient (Wildman–Crippen LogP) is 4.67. The molecule has 0 aromatic heterocycles. The van der Waals surface area contributed by atoms with Crippen LogP contribution in [0.1, 0.15) is 32.8 Å². The first-order valence-corrected chi connectivity index (χ1v) is 7.61. The van der Waals surface area contributed by atoms with Crippen molar-refractivity contribution < 1.29 is 13.9 Å². The summed E-state index contributed by atoms with van der Waals surface area (Å²) in [4.78, 5) is 11.9. The SMILES string of the molecule is CC(C)(C)CC(=O)NCc1cccc(Oc2ccc(F)cc2)c1. The molecule has 2 aromatic rings. The highest BCUT2D eigenvalue weighted by atomic mass is 19.1. The number of amides is 1. The quantitative estimate of drug-likeness (QED) is 0.870. The first-order valence-electron chi connectivity index (χ1n) is 7.61. The first-order chi connectivity index (χ1) is 10.8. The van der Waals surface area contributed by atoms with Crippen molar-refractivity contribution in [2.75, 3.05) is 0 Å². The van der Waals surface area contributed by atoms with Crippen LogP contribution in [-0.2, 0) is 11.3 Å². The molecule has 0 aliphatic rings. The lowest BCUT2D eigenvalue weighted by atomic mass is 9.92. The smallest absolute Gasteiger partial charge is 0.220 e. The maximum absolute atomic E-state index is 12.9. The molecule has 0 aliphatic carbocycles. The fourth-order valence-electron chi connectivity index (χ4n) is 2.10. The summed E-state index contributed by atoms with van der Waals surface area (Å²) in [6.07, 6.45) is 0.485. The number of benzene rings is 2. The molecule has 0 spiro atoms. The molecule has 0 fully saturated rings. The number of rotatable bonds is 5. The van der Waals surface area contributed by atoms with Gasteiger partial charge < -0.3 is 10.1 Å². The topological polar surface area (TPSA) is 38.3 Å². The molecule has 4 heteroatoms. The lowest BCUT2D eigenvalue weighted by Crippen LogP contribution is -2.27. The molecule has 0 aliphatic heterocycles. The van der Waals surface area contributed by atoms with Crippen molar-refractivity contribution >= 4 is 5.91 Å². The molecule has 1 N–H and O–H groups in total. The Labute approximate surface area is 136 Å². The summed E-state index contributed by atoms with van der Waals surface area (Å²) in [5.74, 6) is 0.953. The molecule has 2 aromatic carbocycles. The van der Waals surface area contributed by atoms with Gasteiger partial charge in [-0.3, -0.25) is 4.79 Å². The van der Waals surface area contributed by atoms with Gasteiger partial charge in [0.05, 0.1) is 0 Å². The molecule has 0 unspecified atom stereocenters. The molecule has 0 bridgehead atoms. The van der Waals surface area contributed by atoms with Gasteiger partial charge in [0.15, 0.2) is 0 Å². The minimum absolute atomic E-state index is 0.0300. The standard InChI is InChI=1S/C19H22FNO2/c1-19(2,3)12-18(22)21-13-14-5-4-6-17(11-14)23-16-9-7-15(20)8-10-16/h4-11H,12-13H2,1-3H3,(H,21,22). The fraction of sp³-hybridized carbons (Fsp3) is 0.316. The van der Waals surface area contributed by atoms with Gasteiger partial charge in [-0.1, -0.05) is 32.9 Å². The van der Waals surface area contributed by atoms with Crippen molar-refractivity contribution in [3.8, 4) is 11.5 Å². The van der Waals surface area contributed by atoms with E-state index in [-0.39, 0.29) is 17.1 Å². The second kappa shape index (κ2) is 7.27. The van der Waals surface area contributed by atoms with E-state index in [2.05, 4.69) is 5.32 Å². The average molecular weight is 315 g/mol. The van der Waals surface area contributed by atoms with Crippen LogP contribution >= 0.6 is 0 Å². The lowest BCUT2D eigenvalue weighted by Gasteiger charge is -2.17. The molecule has 0 saturated carbocycles. The molecule has 122 valence electrons. The van der Waals surface area contributed by atoms with Crippen LogP contribution in [0.15, 0.2) is 48.5 Å². The van der Waals surface area contributed by atoms with Crippen molar-refractivity contribution in [3.63, 3.8) is 0 Å². The van der Waals surface area contributed by atoms with E-state index in [1.807, 2.05) is 45.0 Å². The zero-order valence-corrected chi connectivity index (χ0v) is 13.7. The third-order valence-electron chi connectivity index (χ3n) is 3.13. The Bertz CT molecular complexity index is 660. The van der Waals surface area contributed by atoms with Crippen LogP contribution in [-0.4, -0.2) is 5.91 Å². The molecular weight excluding hydrogens is 293 g/mol. The van der Waals surface area contributed by atoms with Gasteiger partial charge >= 0.3 is 0 Å². The van der Waals surface area contributed by atoms with Crippen molar-refractivity contribution in [3.05, 3.63) is 59.9 Å². The minimum atomic E-state index is -0.298. The highest BCUT2D eigenvalue weighted by Gasteiger charge is 2.15. The van der Waals surface area contributed by atoms with Gasteiger partial charge in [0.2, 0.25) is 5.91 Å². The molecule has 2 rings (SSSR count). The highest BCUT2D eigenvalue weighted by Crippen LogP contribution is 2.22. The number of hydrogen-bond donors (Lipinski definition) is 1. The Kier molecular flexibility index (Phi) is 5.37. The summed E-state index contributed by atoms with van der Waals surface area (Å²) in [7, 11) is 0. The predicted molar refractivity (Wildman–Crippen MR) is 88.8 cm³/mol. The summed E-state index contributed by atoms with van der Waals surface area (Å²) in [5, 5.41) is 2.91. The second-order valence-corrected chi connectivity index (χ2v) is 6.72. The molecule has 0 radical (unpaired) electrons. The molecular formula is C19H22FNO2. The van der Waals surface area contributed by atoms with Gasteiger partial charge in [-0.2, -0.15) is 0 Å². The Morgan fingerprint density at radius 1 is 1.09 bits per heavy atom. The average Bonchev–Trinajstić information content (AvgIpc) is 2.46. The third-order valence-corrected chi connectivity index (χ3v) is 3.13. The molecule has 0 atom stereocenters. The summed E-state index contributed by atoms with van der Waals surface area (Å²) in [6, 6.07) is 13.3. The van der Waals surface area contributed by atoms with Crippen molar-refractivity contribution in [1.29, 1.82) is 0 Å². The zero-order chi connectivity index (χ0) is 16.9. The van der Waals surface area contributed by atoms with E-state index >= 15 is 0 Å². The molecule has 0 heterocycles. The summed E-state index contributed by atoms with van der Waals surface area (Å²) in [6.45, 7) is 6.55. The van der Waals surface area contributed by atoms with Gasteiger partial charge in [0.1, 0.15) is 17.3 Å². The number of carbonyl (C=O) groups excluding carboxylic acids is 1. The van der Waals surface area contributed by atoms with Gasteiger partial charge in [-0.25, -0.2) is 4.39 Å². The monoisotopic (exact) mass is 315 g/mol. The highest BCUT2D eigenvalue weighted by molar-refractivity contribution is 5.76. The Morgan fingerprint density at radius 3 is 2.43 bits per heavy atom. The Hall–Kier alpha value is -2.36. The van der Waals surface area contributed by atoms with E-state index in [1.165, 1.54) is 12.1 Å². The van der Waals surface area contributed by atoms with E-state index in [9.17, 15) is 9.18 Å². The second-order valence-electron chi connectivity index (χ2n) is 6.72. The number of nitrogens with one attached hydrogen (secondary N) is 1. The van der Waals surface area contributed by atoms with Crippen LogP contribution in [0, 0.1) is 11.2 Å². The van der Waals surface area contributed by atoms with E-state index < -0.39 is 0 Å². The van der Waals surface area contributed by atoms with E-state index in [4.69, 9.17) is 4.74 Å². The summed E-state index contributed by atoms with van der Waals surface area (Å²) in [5.41, 5.74) is 0.921. The maximum Gasteiger partial charge on any atom is 0.220 e. The van der Waals surface area contributed by atoms with Crippen LogP contribution in [0.25, 0.3) is 0 Å². The van der Waals surface area contributed by atoms with Crippen LogP contribution in [0.2, 0.25) is 0 Å². The zero-order valence-electron chi connectivity index (χ0n) is 13.7. The lowest BCUT2D eigenvalue weighted by molar-refractivity contribution is -0.122. The van der Waals surface area contributed by atoms with Crippen molar-refractivity contribution in [2.45, 2.75) is 33.7 Å². The van der Waals surface area contributed by atoms with Crippen molar-refractivity contribution in [1.82, 2.24) is 5.32 Å². The van der Waals surface area contributed by atoms with E-state index in [0.717, 1.165) is 5.56 Å². The maximum atomic E-state index is 12.9.